The van der Waals surface area contributed by atoms with E-state index in [1.165, 1.54) is 0 Å². The van der Waals surface area contributed by atoms with Crippen molar-refractivity contribution in [2.24, 2.45) is 0 Å². The molecule has 0 bridgehead atoms. The lowest BCUT2D eigenvalue weighted by atomic mass is 11.3. The van der Waals surface area contributed by atoms with Crippen molar-refractivity contribution in [1.29, 1.82) is 0 Å². The van der Waals surface area contributed by atoms with E-state index in [-0.39, 0.29) is 37.2 Å². The highest BCUT2D eigenvalue weighted by atomic mass is 35.5. The lowest BCUT2D eigenvalue weighted by Crippen LogP contribution is -0.552. The highest BCUT2D eigenvalue weighted by Crippen LogP contribution is 0.862. The lowest BCUT2D eigenvalue weighted by molar-refractivity contribution is 2.81. The van der Waals surface area contributed by atoms with Gasteiger partial charge in [-0.05, 0) is 0 Å². The second kappa shape index (κ2) is 161. The Morgan fingerprint density at radius 1 is 0.600 bits per heavy atom. The van der Waals surface area contributed by atoms with Gasteiger partial charge >= 0.3 is 0 Å². The Kier molecular flexibility index (Phi) is 1490. The van der Waals surface area contributed by atoms with Crippen molar-refractivity contribution < 1.29 is 0 Å². The summed E-state index contributed by atoms with van der Waals surface area (Å²) in [5.41, 5.74) is 0. The van der Waals surface area contributed by atoms with Gasteiger partial charge in [0.1, 0.15) is 0 Å². The molecule has 0 radical (unpaired) electrons. The molecule has 0 aromatic rings. The number of hydrogen-bond donors (Lipinski definition) is 0. The standard InChI is InChI=1S/C2H4.3ClH/c1-2;;;/h1-2H2;3*1H. The van der Waals surface area contributed by atoms with E-state index in [0.29, 0.717) is 0 Å². The second-order valence-electron chi connectivity index (χ2n) is 0. The summed E-state index contributed by atoms with van der Waals surface area (Å²) >= 11 is 0. The zero-order chi connectivity index (χ0) is 2.00. The Balaban J connectivity index is -0.00000000167. The van der Waals surface area contributed by atoms with Crippen LogP contribution in [0.1, 0.15) is 0 Å². The molecule has 0 amide bonds. The van der Waals surface area contributed by atoms with Crippen molar-refractivity contribution in [3.63, 3.8) is 0 Å². The van der Waals surface area contributed by atoms with Crippen molar-refractivity contribution in [2.45, 2.75) is 0 Å². The van der Waals surface area contributed by atoms with Crippen LogP contribution in [0.2, 0.25) is 0 Å². The van der Waals surface area contributed by atoms with Crippen molar-refractivity contribution in [3.05, 3.63) is 13.2 Å². The van der Waals surface area contributed by atoms with Gasteiger partial charge in [0.2, 0.25) is 0 Å². The smallest absolute Gasteiger partial charge is 0.106 e. The third-order valence-corrected chi connectivity index (χ3v) is 0. The van der Waals surface area contributed by atoms with Gasteiger partial charge in [-0.3, -0.25) is 0 Å². The molecule has 0 N–H and O–H groups in total. The summed E-state index contributed by atoms with van der Waals surface area (Å²) in [5, 5.41) is 0. The molecule has 0 fully saturated rings. The molecule has 0 aromatic carbocycles. The fraction of sp³-hybridized carbons (Fsp3) is 0. The van der Waals surface area contributed by atoms with Gasteiger partial charge in [0, 0.05) is 0 Å². The van der Waals surface area contributed by atoms with E-state index in [1.54, 1.807) is 0 Å². The van der Waals surface area contributed by atoms with E-state index in [9.17, 15) is 0 Å². The summed E-state index contributed by atoms with van der Waals surface area (Å²) in [5.74, 6) is 0. The molecule has 5 heavy (non-hydrogen) atoms. The quantitative estimate of drug-likeness (QED) is 0.449. The van der Waals surface area contributed by atoms with Crippen molar-refractivity contribution in [1.82, 2.24) is 0 Å². The van der Waals surface area contributed by atoms with Gasteiger partial charge in [-0.15, -0.1) is 50.4 Å². The van der Waals surface area contributed by atoms with E-state index in [1.807, 2.05) is 0 Å². The van der Waals surface area contributed by atoms with Crippen LogP contribution in [0.3, 0.4) is 0 Å². The largest absolute Gasteiger partial charge is 0.147 e. The first kappa shape index (κ1) is 46.0. The molecule has 0 aromatic heterocycles. The molecule has 0 saturated carbocycles. The van der Waals surface area contributed by atoms with Gasteiger partial charge in [-0.1, -0.05) is 0 Å². The summed E-state index contributed by atoms with van der Waals surface area (Å²) in [4.78, 5) is 0. The van der Waals surface area contributed by atoms with Crippen LogP contribution in [0.25, 0.3) is 0 Å². The third kappa shape index (κ3) is 84.4. The van der Waals surface area contributed by atoms with Crippen LogP contribution in [-0.2, 0) is 0 Å². The minimum atomic E-state index is 0. The van der Waals surface area contributed by atoms with Gasteiger partial charge in [-0.25, -0.2) is 0 Å². The highest BCUT2D eigenvalue weighted by Gasteiger charge is 0.601. The number of rotatable bonds is 0. The van der Waals surface area contributed by atoms with E-state index in [4.69, 9.17) is 0 Å². The summed E-state index contributed by atoms with van der Waals surface area (Å²) in [6.07, 6.45) is 0. The van der Waals surface area contributed by atoms with Crippen LogP contribution in [0.5, 0.6) is 0 Å². The van der Waals surface area contributed by atoms with Gasteiger partial charge < -0.3 is 0 Å². The van der Waals surface area contributed by atoms with Crippen LogP contribution in [-0.4, -0.2) is 0 Å². The summed E-state index contributed by atoms with van der Waals surface area (Å²) in [7, 11) is 0. The molecular formula is C2H7Cl3. The Morgan fingerprint density at radius 3 is 0.600 bits per heavy atom. The van der Waals surface area contributed by atoms with Gasteiger partial charge in [-0.2, -0.15) is 0 Å². The van der Waals surface area contributed by atoms with E-state index < -0.39 is 0 Å². The normalized spacial score (nSPS) is 0.800. The second-order valence-corrected chi connectivity index (χ2v) is 0. The van der Waals surface area contributed by atoms with Crippen molar-refractivity contribution in [3.8, 4) is 0 Å². The van der Waals surface area contributed by atoms with Gasteiger partial charge in [0.15, 0.2) is 0 Å². The maximum atomic E-state index is 3.00. The predicted octanol–water partition coefficient (Wildman–Crippen LogP) is 2.07. The fourth-order valence-electron chi connectivity index (χ4n) is 0. The molecule has 0 heterocycles. The maximum Gasteiger partial charge on any atom is -0.106 e. The lowest BCUT2D eigenvalue weighted by Gasteiger charge is -0.813. The first-order valence-corrected chi connectivity index (χ1v) is 0.500. The highest BCUT2D eigenvalue weighted by molar-refractivity contribution is 5.86. The molecule has 36 valence electrons. The maximum absolute atomic E-state index is 3.00. The van der Waals surface area contributed by atoms with E-state index in [2.05, 4.69) is 13.2 Å². The SMILES string of the molecule is C=C.Cl.Cl.Cl. The van der Waals surface area contributed by atoms with Gasteiger partial charge in [0.05, 0.1) is 0 Å². The fourth-order valence-corrected chi connectivity index (χ4v) is 0. The van der Waals surface area contributed by atoms with Crippen molar-refractivity contribution >= 4 is 37.2 Å². The molecule has 0 rings (SSSR count). The topological polar surface area (TPSA) is 0 Å². The molecule has 0 aliphatic carbocycles. The monoisotopic (exact) mass is 136 g/mol. The Bertz CT molecular complexity index is 4.85. The predicted molar refractivity (Wildman–Crippen MR) is 33.0 cm³/mol. The van der Waals surface area contributed by atoms with E-state index in [0.717, 1.165) is 0 Å². The average Bonchev–Trinajstić information content (AvgIpc) is 1.00. The zero-order valence-electron chi connectivity index (χ0n) is 2.64. The summed E-state index contributed by atoms with van der Waals surface area (Å²) < 4.78 is 0. The molecule has 0 atom stereocenters. The van der Waals surface area contributed by atoms with Crippen LogP contribution in [0, 0.1) is 0 Å². The molecule has 3 heteroatoms. The minimum Gasteiger partial charge on any atom is -0.147 e. The van der Waals surface area contributed by atoms with E-state index >= 15 is 0 Å². The minimum absolute atomic E-state index is 0. The number of halogens is 3. The van der Waals surface area contributed by atoms with Crippen LogP contribution in [0.4, 0.5) is 0 Å². The number of hydrogen-bond acceptors (Lipinski definition) is 0. The summed E-state index contributed by atoms with van der Waals surface area (Å²) in [6.45, 7) is 6.00. The summed E-state index contributed by atoms with van der Waals surface area (Å²) in [6, 6.07) is 0. The molecule has 0 aliphatic heterocycles. The molecule has 0 spiro atoms. The van der Waals surface area contributed by atoms with Crippen LogP contribution < -0.4 is 0 Å². The van der Waals surface area contributed by atoms with Crippen molar-refractivity contribution in [2.75, 3.05) is 0 Å². The Morgan fingerprint density at radius 2 is 0.600 bits per heavy atom. The molecule has 0 nitrogen and oxygen atoms in total. The zero-order valence-corrected chi connectivity index (χ0v) is 5.09. The average molecular weight is 137 g/mol. The first-order chi connectivity index (χ1) is 1.00. The van der Waals surface area contributed by atoms with Crippen LogP contribution in [0.15, 0.2) is 13.2 Å². The molecular weight excluding hydrogens is 130 g/mol. The Labute approximate surface area is 50.9 Å². The molecule has 0 aliphatic rings. The first-order valence-electron chi connectivity index (χ1n) is 0.500. The molecule has 0 unspecified atom stereocenters. The Hall–Kier alpha value is 0.610. The third-order valence-electron chi connectivity index (χ3n) is 0. The van der Waals surface area contributed by atoms with Gasteiger partial charge in [0.25, 0.3) is 0 Å². The molecule has 0 saturated heterocycles. The van der Waals surface area contributed by atoms with Crippen LogP contribution >= 0.6 is 37.2 Å².